The SMILES string of the molecule is CC(C)CC(NC(=O)c1cc2cncc-2n(Cc2ccccc2)c1)C(N)=O. The van der Waals surface area contributed by atoms with Gasteiger partial charge in [-0.15, -0.1) is 0 Å². The first-order valence-electron chi connectivity index (χ1n) is 9.02. The number of nitrogens with two attached hydrogens (primary N) is 1. The maximum atomic E-state index is 12.8. The molecule has 2 heterocycles. The van der Waals surface area contributed by atoms with Gasteiger partial charge in [-0.05, 0) is 24.0 Å². The van der Waals surface area contributed by atoms with Crippen LogP contribution in [0.3, 0.4) is 0 Å². The lowest BCUT2D eigenvalue weighted by Crippen LogP contribution is -2.45. The van der Waals surface area contributed by atoms with Crippen LogP contribution in [-0.4, -0.2) is 27.4 Å². The van der Waals surface area contributed by atoms with Gasteiger partial charge in [-0.1, -0.05) is 44.2 Å². The summed E-state index contributed by atoms with van der Waals surface area (Å²) in [5, 5.41) is 2.76. The quantitative estimate of drug-likeness (QED) is 0.675. The van der Waals surface area contributed by atoms with Gasteiger partial charge >= 0.3 is 0 Å². The highest BCUT2D eigenvalue weighted by atomic mass is 16.2. The van der Waals surface area contributed by atoms with E-state index in [2.05, 4.69) is 10.3 Å². The van der Waals surface area contributed by atoms with Gasteiger partial charge in [0.15, 0.2) is 0 Å². The summed E-state index contributed by atoms with van der Waals surface area (Å²) in [4.78, 5) is 28.6. The van der Waals surface area contributed by atoms with E-state index >= 15 is 0 Å². The van der Waals surface area contributed by atoms with Gasteiger partial charge in [-0.2, -0.15) is 0 Å². The molecule has 3 rings (SSSR count). The highest BCUT2D eigenvalue weighted by molar-refractivity contribution is 5.98. The van der Waals surface area contributed by atoms with E-state index in [1.807, 2.05) is 48.7 Å². The lowest BCUT2D eigenvalue weighted by Gasteiger charge is -2.19. The Labute approximate surface area is 158 Å². The van der Waals surface area contributed by atoms with Crippen molar-refractivity contribution in [1.82, 2.24) is 14.9 Å². The maximum Gasteiger partial charge on any atom is 0.253 e. The molecule has 0 fully saturated rings. The van der Waals surface area contributed by atoms with Crippen LogP contribution < -0.4 is 11.1 Å². The van der Waals surface area contributed by atoms with E-state index in [0.717, 1.165) is 16.8 Å². The number of benzene rings is 1. The third-order valence-corrected chi connectivity index (χ3v) is 4.44. The Morgan fingerprint density at radius 2 is 1.93 bits per heavy atom. The maximum absolute atomic E-state index is 12.8. The minimum Gasteiger partial charge on any atom is -0.368 e. The van der Waals surface area contributed by atoms with Gasteiger partial charge in [0.05, 0.1) is 17.5 Å². The number of pyridine rings is 1. The zero-order valence-electron chi connectivity index (χ0n) is 15.6. The van der Waals surface area contributed by atoms with E-state index in [1.165, 1.54) is 0 Å². The summed E-state index contributed by atoms with van der Waals surface area (Å²) in [7, 11) is 0. The molecule has 2 aliphatic rings. The Kier molecular flexibility index (Phi) is 5.54. The summed E-state index contributed by atoms with van der Waals surface area (Å²) in [6, 6.07) is 11.1. The fourth-order valence-electron chi connectivity index (χ4n) is 3.12. The molecule has 0 radical (unpaired) electrons. The van der Waals surface area contributed by atoms with Crippen molar-refractivity contribution in [2.75, 3.05) is 0 Å². The first-order chi connectivity index (χ1) is 12.9. The van der Waals surface area contributed by atoms with E-state index < -0.39 is 11.9 Å². The van der Waals surface area contributed by atoms with Gasteiger partial charge < -0.3 is 15.6 Å². The molecule has 0 saturated carbocycles. The molecule has 1 unspecified atom stereocenters. The Bertz CT molecular complexity index is 902. The van der Waals surface area contributed by atoms with Crippen molar-refractivity contribution in [3.8, 4) is 11.3 Å². The standard InChI is InChI=1S/C21H24N4O2/c1-14(2)8-18(20(22)26)24-21(27)17-9-16-10-23-11-19(16)25(13-17)12-15-6-4-3-5-7-15/h3-7,9-11,13-14,18H,8,12H2,1-2H3,(H2,22,26)(H,24,27). The molecule has 140 valence electrons. The topological polar surface area (TPSA) is 90.0 Å². The Morgan fingerprint density at radius 3 is 2.59 bits per heavy atom. The molecule has 0 spiro atoms. The predicted molar refractivity (Wildman–Crippen MR) is 104 cm³/mol. The molecule has 2 amide bonds. The number of carbonyl (C=O) groups is 2. The number of hydrogen-bond donors (Lipinski definition) is 2. The van der Waals surface area contributed by atoms with Crippen LogP contribution in [0, 0.1) is 5.92 Å². The molecule has 0 saturated heterocycles. The second-order valence-electron chi connectivity index (χ2n) is 7.15. The van der Waals surface area contributed by atoms with Gasteiger partial charge in [-0.3, -0.25) is 14.6 Å². The van der Waals surface area contributed by atoms with Crippen molar-refractivity contribution in [3.05, 3.63) is 66.1 Å². The molecule has 1 aromatic rings. The van der Waals surface area contributed by atoms with Crippen molar-refractivity contribution < 1.29 is 9.59 Å². The highest BCUT2D eigenvalue weighted by Gasteiger charge is 2.21. The van der Waals surface area contributed by atoms with Crippen LogP contribution in [0.4, 0.5) is 0 Å². The third-order valence-electron chi connectivity index (χ3n) is 4.44. The van der Waals surface area contributed by atoms with Crippen molar-refractivity contribution in [2.24, 2.45) is 11.7 Å². The second-order valence-corrected chi connectivity index (χ2v) is 7.15. The number of amides is 2. The van der Waals surface area contributed by atoms with E-state index in [1.54, 1.807) is 24.7 Å². The molecule has 2 aliphatic heterocycles. The highest BCUT2D eigenvalue weighted by Crippen LogP contribution is 2.24. The smallest absolute Gasteiger partial charge is 0.253 e. The first-order valence-corrected chi connectivity index (χ1v) is 9.02. The largest absolute Gasteiger partial charge is 0.368 e. The van der Waals surface area contributed by atoms with Crippen LogP contribution in [0.15, 0.2) is 55.0 Å². The minimum atomic E-state index is -0.687. The molecule has 1 atom stereocenters. The van der Waals surface area contributed by atoms with E-state index in [9.17, 15) is 9.59 Å². The third kappa shape index (κ3) is 4.53. The number of hydrogen-bond acceptors (Lipinski definition) is 3. The molecular weight excluding hydrogens is 340 g/mol. The van der Waals surface area contributed by atoms with Gasteiger partial charge in [0.25, 0.3) is 5.91 Å². The minimum absolute atomic E-state index is 0.243. The number of aromatic nitrogens is 2. The van der Waals surface area contributed by atoms with Gasteiger partial charge in [0.1, 0.15) is 6.04 Å². The zero-order valence-corrected chi connectivity index (χ0v) is 15.6. The molecular formula is C21H24N4O2. The van der Waals surface area contributed by atoms with E-state index in [4.69, 9.17) is 5.73 Å². The Hall–Kier alpha value is -3.15. The lowest BCUT2D eigenvalue weighted by atomic mass is 10.0. The second kappa shape index (κ2) is 8.03. The number of carbonyl (C=O) groups excluding carboxylic acids is 2. The summed E-state index contributed by atoms with van der Waals surface area (Å²) in [6.07, 6.45) is 5.81. The number of primary amides is 1. The fourth-order valence-corrected chi connectivity index (χ4v) is 3.12. The van der Waals surface area contributed by atoms with Crippen molar-refractivity contribution >= 4 is 11.8 Å². The van der Waals surface area contributed by atoms with Crippen LogP contribution in [0.25, 0.3) is 11.3 Å². The lowest BCUT2D eigenvalue weighted by molar-refractivity contribution is -0.120. The average Bonchev–Trinajstić information content (AvgIpc) is 3.10. The Morgan fingerprint density at radius 1 is 1.19 bits per heavy atom. The number of nitrogens with one attached hydrogen (secondary N) is 1. The normalized spacial score (nSPS) is 12.3. The number of nitrogens with zero attached hydrogens (tertiary/aromatic N) is 2. The summed E-state index contributed by atoms with van der Waals surface area (Å²) in [6.45, 7) is 4.59. The van der Waals surface area contributed by atoms with E-state index in [-0.39, 0.29) is 11.8 Å². The van der Waals surface area contributed by atoms with Gasteiger partial charge in [-0.25, -0.2) is 0 Å². The average molecular weight is 364 g/mol. The summed E-state index contributed by atoms with van der Waals surface area (Å²) in [5.74, 6) is -0.595. The van der Waals surface area contributed by atoms with Crippen LogP contribution >= 0.6 is 0 Å². The fraction of sp³-hybridized carbons (Fsp3) is 0.286. The molecule has 0 bridgehead atoms. The molecule has 0 aromatic heterocycles. The molecule has 1 aromatic carbocycles. The van der Waals surface area contributed by atoms with Crippen molar-refractivity contribution in [3.63, 3.8) is 0 Å². The zero-order chi connectivity index (χ0) is 19.4. The number of fused-ring (bicyclic) bond motifs is 1. The molecule has 27 heavy (non-hydrogen) atoms. The van der Waals surface area contributed by atoms with Crippen LogP contribution in [-0.2, 0) is 11.3 Å². The van der Waals surface area contributed by atoms with Crippen LogP contribution in [0.1, 0.15) is 36.2 Å². The van der Waals surface area contributed by atoms with E-state index in [0.29, 0.717) is 18.5 Å². The van der Waals surface area contributed by atoms with Crippen molar-refractivity contribution in [1.29, 1.82) is 0 Å². The summed E-state index contributed by atoms with van der Waals surface area (Å²) >= 11 is 0. The van der Waals surface area contributed by atoms with Gasteiger partial charge in [0.2, 0.25) is 5.91 Å². The van der Waals surface area contributed by atoms with Crippen LogP contribution in [0.5, 0.6) is 0 Å². The molecule has 6 nitrogen and oxygen atoms in total. The molecule has 0 aliphatic carbocycles. The summed E-state index contributed by atoms with van der Waals surface area (Å²) in [5.41, 5.74) is 8.87. The molecule has 3 N–H and O–H groups in total. The first kappa shape index (κ1) is 18.6. The monoisotopic (exact) mass is 364 g/mol. The molecule has 6 heteroatoms. The number of rotatable bonds is 7. The van der Waals surface area contributed by atoms with Crippen molar-refractivity contribution in [2.45, 2.75) is 32.9 Å². The van der Waals surface area contributed by atoms with Crippen LogP contribution in [0.2, 0.25) is 0 Å². The van der Waals surface area contributed by atoms with Gasteiger partial charge in [0, 0.05) is 24.5 Å². The summed E-state index contributed by atoms with van der Waals surface area (Å²) < 4.78 is 1.99. The Balaban J connectivity index is 1.89. The predicted octanol–water partition coefficient (Wildman–Crippen LogP) is 2.67.